The van der Waals surface area contributed by atoms with Crippen molar-refractivity contribution in [1.29, 1.82) is 0 Å². The Balaban J connectivity index is 2.41. The zero-order valence-corrected chi connectivity index (χ0v) is 9.08. The number of ketones is 1. The summed E-state index contributed by atoms with van der Waals surface area (Å²) < 4.78 is 0. The van der Waals surface area contributed by atoms with Crippen LogP contribution < -0.4 is 0 Å². The van der Waals surface area contributed by atoms with Crippen molar-refractivity contribution in [2.45, 2.75) is 25.7 Å². The van der Waals surface area contributed by atoms with Crippen LogP contribution in [0.15, 0.2) is 18.2 Å². The van der Waals surface area contributed by atoms with E-state index >= 15 is 0 Å². The average Bonchev–Trinajstić information content (AvgIpc) is 2.66. The molecule has 0 spiro atoms. The largest absolute Gasteiger partial charge is 0.506 e. The van der Waals surface area contributed by atoms with E-state index in [1.54, 1.807) is 6.07 Å². The number of aromatic amines is 1. The van der Waals surface area contributed by atoms with E-state index in [9.17, 15) is 9.90 Å². The van der Waals surface area contributed by atoms with Crippen molar-refractivity contribution in [3.8, 4) is 5.75 Å². The zero-order chi connectivity index (χ0) is 11.3. The molecule has 0 saturated carbocycles. The molecule has 3 nitrogen and oxygen atoms in total. The van der Waals surface area contributed by atoms with Gasteiger partial charge in [-0.2, -0.15) is 0 Å². The van der Waals surface area contributed by atoms with Crippen molar-refractivity contribution in [2.24, 2.45) is 0 Å². The van der Waals surface area contributed by atoms with Crippen LogP contribution in [0.3, 0.4) is 0 Å². The number of phenols is 1. The highest BCUT2D eigenvalue weighted by atomic mass is 16.3. The average molecular weight is 215 g/mol. The molecule has 0 saturated heterocycles. The number of nitrogens with one attached hydrogen (secondary N) is 1. The fourth-order valence-electron chi connectivity index (χ4n) is 2.57. The van der Waals surface area contributed by atoms with Crippen molar-refractivity contribution in [3.05, 3.63) is 29.5 Å². The van der Waals surface area contributed by atoms with Crippen LogP contribution in [-0.2, 0) is 0 Å². The van der Waals surface area contributed by atoms with Gasteiger partial charge < -0.3 is 10.1 Å². The second-order valence-corrected chi connectivity index (χ2v) is 4.48. The molecule has 2 aromatic rings. The Bertz CT molecular complexity index is 583. The predicted molar refractivity (Wildman–Crippen MR) is 61.9 cm³/mol. The minimum absolute atomic E-state index is 0.156. The number of hydrogen-bond acceptors (Lipinski definition) is 2. The van der Waals surface area contributed by atoms with E-state index in [1.807, 2.05) is 12.1 Å². The third kappa shape index (κ3) is 1.11. The molecule has 1 atom stereocenters. The van der Waals surface area contributed by atoms with Gasteiger partial charge in [0.05, 0.1) is 11.2 Å². The predicted octanol–water partition coefficient (Wildman–Crippen LogP) is 2.95. The van der Waals surface area contributed by atoms with Crippen molar-refractivity contribution in [1.82, 2.24) is 4.98 Å². The lowest BCUT2D eigenvalue weighted by Gasteiger charge is -2.17. The number of carbonyl (C=O) groups is 1. The number of aromatic hydroxyl groups is 1. The van der Waals surface area contributed by atoms with E-state index in [0.29, 0.717) is 23.5 Å². The number of Topliss-reactive ketones (excluding diaryl/α,β-unsaturated/α-hetero) is 1. The molecule has 0 radical (unpaired) electrons. The van der Waals surface area contributed by atoms with Crippen LogP contribution in [-0.4, -0.2) is 15.9 Å². The lowest BCUT2D eigenvalue weighted by Crippen LogP contribution is -2.12. The number of aromatic nitrogens is 1. The van der Waals surface area contributed by atoms with Gasteiger partial charge in [0.2, 0.25) is 0 Å². The van der Waals surface area contributed by atoms with Gasteiger partial charge in [-0.25, -0.2) is 0 Å². The number of para-hydroxylation sites is 1. The normalized spacial score (nSPS) is 20.1. The topological polar surface area (TPSA) is 53.1 Å². The molecule has 0 fully saturated rings. The first-order valence-electron chi connectivity index (χ1n) is 5.55. The van der Waals surface area contributed by atoms with Gasteiger partial charge in [-0.3, -0.25) is 4.79 Å². The molecule has 82 valence electrons. The molecule has 16 heavy (non-hydrogen) atoms. The molecule has 0 amide bonds. The summed E-state index contributed by atoms with van der Waals surface area (Å²) in [6.07, 6.45) is 1.50. The number of H-pyrrole nitrogens is 1. The van der Waals surface area contributed by atoms with Gasteiger partial charge in [-0.05, 0) is 24.0 Å². The SMILES string of the molecule is CC1CCC(=O)c2[nH]c3c(O)cccc3c21. The van der Waals surface area contributed by atoms with E-state index in [0.717, 1.165) is 17.4 Å². The Hall–Kier alpha value is -1.77. The van der Waals surface area contributed by atoms with Crippen LogP contribution in [0.25, 0.3) is 10.9 Å². The lowest BCUT2D eigenvalue weighted by atomic mass is 9.86. The number of phenolic OH excluding ortho intramolecular Hbond substituents is 1. The number of rotatable bonds is 0. The van der Waals surface area contributed by atoms with Crippen molar-refractivity contribution in [2.75, 3.05) is 0 Å². The molecule has 1 heterocycles. The van der Waals surface area contributed by atoms with Gasteiger partial charge in [0.15, 0.2) is 5.78 Å². The van der Waals surface area contributed by atoms with E-state index in [4.69, 9.17) is 0 Å². The van der Waals surface area contributed by atoms with E-state index < -0.39 is 0 Å². The first kappa shape index (κ1) is 9.46. The summed E-state index contributed by atoms with van der Waals surface area (Å²) >= 11 is 0. The molecular weight excluding hydrogens is 202 g/mol. The Kier molecular flexibility index (Phi) is 1.84. The summed E-state index contributed by atoms with van der Waals surface area (Å²) in [5.74, 6) is 0.749. The van der Waals surface area contributed by atoms with Crippen LogP contribution in [0.1, 0.15) is 41.7 Å². The third-order valence-corrected chi connectivity index (χ3v) is 3.43. The molecule has 3 heteroatoms. The first-order valence-corrected chi connectivity index (χ1v) is 5.55. The zero-order valence-electron chi connectivity index (χ0n) is 9.08. The summed E-state index contributed by atoms with van der Waals surface area (Å²) in [7, 11) is 0. The third-order valence-electron chi connectivity index (χ3n) is 3.43. The van der Waals surface area contributed by atoms with Gasteiger partial charge >= 0.3 is 0 Å². The summed E-state index contributed by atoms with van der Waals surface area (Å²) in [4.78, 5) is 14.9. The van der Waals surface area contributed by atoms with Gasteiger partial charge in [0, 0.05) is 11.8 Å². The molecule has 1 unspecified atom stereocenters. The Morgan fingerprint density at radius 1 is 1.44 bits per heavy atom. The summed E-state index contributed by atoms with van der Waals surface area (Å²) in [6, 6.07) is 5.41. The maximum Gasteiger partial charge on any atom is 0.179 e. The van der Waals surface area contributed by atoms with Crippen molar-refractivity contribution >= 4 is 16.7 Å². The molecule has 3 rings (SSSR count). The minimum atomic E-state index is 0.156. The highest BCUT2D eigenvalue weighted by Crippen LogP contribution is 2.38. The lowest BCUT2D eigenvalue weighted by molar-refractivity contribution is 0.0964. The molecular formula is C13H13NO2. The van der Waals surface area contributed by atoms with E-state index in [1.165, 1.54) is 0 Å². The Morgan fingerprint density at radius 3 is 3.06 bits per heavy atom. The van der Waals surface area contributed by atoms with Gasteiger partial charge in [0.25, 0.3) is 0 Å². The highest BCUT2D eigenvalue weighted by molar-refractivity contribution is 6.04. The van der Waals surface area contributed by atoms with Crippen LogP contribution in [0.2, 0.25) is 0 Å². The fraction of sp³-hybridized carbons (Fsp3) is 0.308. The fourth-order valence-corrected chi connectivity index (χ4v) is 2.57. The van der Waals surface area contributed by atoms with E-state index in [2.05, 4.69) is 11.9 Å². The number of carbonyl (C=O) groups excluding carboxylic acids is 1. The monoisotopic (exact) mass is 215 g/mol. The maximum atomic E-state index is 11.8. The number of benzene rings is 1. The Labute approximate surface area is 93.1 Å². The highest BCUT2D eigenvalue weighted by Gasteiger charge is 2.27. The quantitative estimate of drug-likeness (QED) is 0.709. The van der Waals surface area contributed by atoms with Gasteiger partial charge in [-0.1, -0.05) is 19.1 Å². The number of hydrogen-bond donors (Lipinski definition) is 2. The first-order chi connectivity index (χ1) is 7.68. The molecule has 1 aromatic heterocycles. The van der Waals surface area contributed by atoms with Gasteiger partial charge in [0.1, 0.15) is 5.75 Å². The second kappa shape index (κ2) is 3.11. The molecule has 1 aromatic carbocycles. The summed E-state index contributed by atoms with van der Waals surface area (Å²) in [5.41, 5.74) is 2.45. The van der Waals surface area contributed by atoms with Crippen LogP contribution in [0, 0.1) is 0 Å². The van der Waals surface area contributed by atoms with Crippen molar-refractivity contribution < 1.29 is 9.90 Å². The number of fused-ring (bicyclic) bond motifs is 3. The van der Waals surface area contributed by atoms with Crippen LogP contribution >= 0.6 is 0 Å². The minimum Gasteiger partial charge on any atom is -0.506 e. The second-order valence-electron chi connectivity index (χ2n) is 4.48. The van der Waals surface area contributed by atoms with Crippen molar-refractivity contribution in [3.63, 3.8) is 0 Å². The molecule has 0 bridgehead atoms. The molecule has 2 N–H and O–H groups in total. The van der Waals surface area contributed by atoms with Crippen LogP contribution in [0.4, 0.5) is 0 Å². The van der Waals surface area contributed by atoms with Crippen LogP contribution in [0.5, 0.6) is 5.75 Å². The standard InChI is InChI=1S/C13H13NO2/c1-7-5-6-10(16)13-11(7)8-3-2-4-9(15)12(8)14-13/h2-4,7,14-15H,5-6H2,1H3. The summed E-state index contributed by atoms with van der Waals surface area (Å²) in [6.45, 7) is 2.13. The van der Waals surface area contributed by atoms with E-state index in [-0.39, 0.29) is 11.5 Å². The van der Waals surface area contributed by atoms with Gasteiger partial charge in [-0.15, -0.1) is 0 Å². The maximum absolute atomic E-state index is 11.8. The molecule has 0 aliphatic heterocycles. The Morgan fingerprint density at radius 2 is 2.25 bits per heavy atom. The smallest absolute Gasteiger partial charge is 0.179 e. The molecule has 1 aliphatic rings. The molecule has 1 aliphatic carbocycles. The summed E-state index contributed by atoms with van der Waals surface area (Å²) in [5, 5.41) is 10.7.